The minimum atomic E-state index is -1.00. The van der Waals surface area contributed by atoms with Crippen LogP contribution in [0.2, 0.25) is 0 Å². The predicted molar refractivity (Wildman–Crippen MR) is 47.3 cm³/mol. The number of nitrogens with zero attached hydrogens (tertiary/aromatic N) is 1. The van der Waals surface area contributed by atoms with Gasteiger partial charge in [-0.05, 0) is 11.6 Å². The first-order valence-corrected chi connectivity index (χ1v) is 4.22. The van der Waals surface area contributed by atoms with Crippen molar-refractivity contribution in [3.05, 3.63) is 29.8 Å². The zero-order valence-electron chi connectivity index (χ0n) is 8.36. The van der Waals surface area contributed by atoms with E-state index in [2.05, 4.69) is 0 Å². The van der Waals surface area contributed by atoms with Crippen molar-refractivity contribution in [2.75, 3.05) is 11.9 Å². The molecule has 0 spiro atoms. The number of hydrogen-bond acceptors (Lipinski definition) is 3. The maximum Gasteiger partial charge on any atom is 1.00 e. The van der Waals surface area contributed by atoms with Gasteiger partial charge in [-0.3, -0.25) is 0 Å². The third-order valence-corrected chi connectivity index (χ3v) is 2.52. The third-order valence-electron chi connectivity index (χ3n) is 2.52. The predicted octanol–water partition coefficient (Wildman–Crippen LogP) is -3.20. The molecule has 1 aromatic carbocycles. The quantitative estimate of drug-likeness (QED) is 0.431. The second-order valence-corrected chi connectivity index (χ2v) is 3.28. The zero-order valence-corrected chi connectivity index (χ0v) is 8.36. The van der Waals surface area contributed by atoms with Gasteiger partial charge in [0.15, 0.2) is 0 Å². The minimum absolute atomic E-state index is 0. The number of carbonyl (C=O) groups excluding carboxylic acids is 1. The van der Waals surface area contributed by atoms with Gasteiger partial charge in [0.25, 0.3) is 0 Å². The molecule has 0 bridgehead atoms. The van der Waals surface area contributed by atoms with E-state index in [1.807, 2.05) is 24.3 Å². The maximum atomic E-state index is 10.7. The first-order chi connectivity index (χ1) is 6.20. The summed E-state index contributed by atoms with van der Waals surface area (Å²) in [6, 6.07) is 7.21. The van der Waals surface area contributed by atoms with Gasteiger partial charge in [0.05, 0.1) is 12.0 Å². The first kappa shape index (κ1) is 11.2. The minimum Gasteiger partial charge on any atom is -0.548 e. The van der Waals surface area contributed by atoms with Crippen LogP contribution in [0.5, 0.6) is 0 Å². The fraction of sp³-hybridized carbons (Fsp3) is 0.300. The number of benzene rings is 1. The molecule has 1 unspecified atom stereocenters. The van der Waals surface area contributed by atoms with Gasteiger partial charge >= 0.3 is 18.9 Å². The van der Waals surface area contributed by atoms with E-state index in [1.54, 1.807) is 11.9 Å². The molecule has 1 heterocycles. The zero-order chi connectivity index (χ0) is 9.42. The molecule has 0 saturated carbocycles. The van der Waals surface area contributed by atoms with Crippen molar-refractivity contribution in [1.29, 1.82) is 0 Å². The molecule has 68 valence electrons. The van der Waals surface area contributed by atoms with Gasteiger partial charge in [0.1, 0.15) is 0 Å². The molecular weight excluding hydrogens is 173 g/mol. The molecule has 0 N–H and O–H groups in total. The average molecular weight is 183 g/mol. The molecular formula is C10H10LiNO2. The van der Waals surface area contributed by atoms with E-state index in [-0.39, 0.29) is 18.9 Å². The Morgan fingerprint density at radius 3 is 2.71 bits per heavy atom. The third kappa shape index (κ3) is 1.66. The smallest absolute Gasteiger partial charge is 0.548 e. The number of carboxylic acid groups (broad SMARTS) is 1. The second-order valence-electron chi connectivity index (χ2n) is 3.28. The number of likely N-dealkylation sites (N-methyl/N-ethyl adjacent to an activating group) is 1. The normalized spacial score (nSPS) is 18.6. The molecule has 2 rings (SSSR count). The molecule has 14 heavy (non-hydrogen) atoms. The topological polar surface area (TPSA) is 43.4 Å². The van der Waals surface area contributed by atoms with Gasteiger partial charge < -0.3 is 14.8 Å². The van der Waals surface area contributed by atoms with Crippen molar-refractivity contribution in [3.8, 4) is 0 Å². The maximum absolute atomic E-state index is 10.7. The van der Waals surface area contributed by atoms with Crippen molar-refractivity contribution in [2.45, 2.75) is 12.5 Å². The van der Waals surface area contributed by atoms with Gasteiger partial charge in [-0.25, -0.2) is 0 Å². The molecule has 0 radical (unpaired) electrons. The summed E-state index contributed by atoms with van der Waals surface area (Å²) in [6.07, 6.45) is 0.551. The van der Waals surface area contributed by atoms with Crippen LogP contribution in [-0.2, 0) is 11.2 Å². The summed E-state index contributed by atoms with van der Waals surface area (Å²) in [7, 11) is 1.78. The number of fused-ring (bicyclic) bond motifs is 1. The fourth-order valence-electron chi connectivity index (χ4n) is 1.78. The van der Waals surface area contributed by atoms with E-state index in [1.165, 1.54) is 0 Å². The molecule has 0 aliphatic carbocycles. The largest absolute Gasteiger partial charge is 1.00 e. The van der Waals surface area contributed by atoms with Gasteiger partial charge in [-0.1, -0.05) is 18.2 Å². The molecule has 0 amide bonds. The molecule has 3 nitrogen and oxygen atoms in total. The molecule has 0 aromatic heterocycles. The van der Waals surface area contributed by atoms with Gasteiger partial charge in [-0.15, -0.1) is 0 Å². The van der Waals surface area contributed by atoms with Crippen molar-refractivity contribution in [1.82, 2.24) is 0 Å². The molecule has 1 atom stereocenters. The number of hydrogen-bond donors (Lipinski definition) is 0. The van der Waals surface area contributed by atoms with E-state index in [4.69, 9.17) is 0 Å². The SMILES string of the molecule is CN1c2ccccc2CC1C(=O)[O-].[Li+]. The van der Waals surface area contributed by atoms with Gasteiger partial charge in [-0.2, -0.15) is 0 Å². The number of aliphatic carboxylic acids is 1. The molecule has 4 heteroatoms. The van der Waals surface area contributed by atoms with Crippen LogP contribution in [0, 0.1) is 0 Å². The summed E-state index contributed by atoms with van der Waals surface area (Å²) in [4.78, 5) is 12.5. The van der Waals surface area contributed by atoms with E-state index >= 15 is 0 Å². The Labute approximate surface area is 94.9 Å². The van der Waals surface area contributed by atoms with Crippen molar-refractivity contribution in [2.24, 2.45) is 0 Å². The van der Waals surface area contributed by atoms with Crippen molar-refractivity contribution >= 4 is 11.7 Å². The Hall–Kier alpha value is -0.913. The number of rotatable bonds is 1. The molecule has 1 aliphatic rings. The number of carbonyl (C=O) groups is 1. The van der Waals surface area contributed by atoms with Crippen LogP contribution in [0.15, 0.2) is 24.3 Å². The number of carboxylic acids is 1. The molecule has 0 fully saturated rings. The summed E-state index contributed by atoms with van der Waals surface area (Å²) in [5, 5.41) is 10.7. The Balaban J connectivity index is 0.000000980. The molecule has 1 aromatic rings. The van der Waals surface area contributed by atoms with Crippen LogP contribution in [0.25, 0.3) is 0 Å². The first-order valence-electron chi connectivity index (χ1n) is 4.22. The molecule has 0 saturated heterocycles. The van der Waals surface area contributed by atoms with Crippen molar-refractivity contribution < 1.29 is 28.8 Å². The van der Waals surface area contributed by atoms with Crippen LogP contribution < -0.4 is 28.9 Å². The van der Waals surface area contributed by atoms with Crippen LogP contribution in [0.3, 0.4) is 0 Å². The molecule has 1 aliphatic heterocycles. The van der Waals surface area contributed by atoms with E-state index in [0.29, 0.717) is 6.42 Å². The monoisotopic (exact) mass is 183 g/mol. The second kappa shape index (κ2) is 4.08. The summed E-state index contributed by atoms with van der Waals surface area (Å²) in [6.45, 7) is 0. The average Bonchev–Trinajstić information content (AvgIpc) is 2.45. The Bertz CT molecular complexity index is 354. The summed E-state index contributed by atoms with van der Waals surface area (Å²) in [5.41, 5.74) is 2.08. The van der Waals surface area contributed by atoms with Crippen LogP contribution >= 0.6 is 0 Å². The van der Waals surface area contributed by atoms with Crippen LogP contribution in [0.1, 0.15) is 5.56 Å². The van der Waals surface area contributed by atoms with Crippen molar-refractivity contribution in [3.63, 3.8) is 0 Å². The Kier molecular flexibility index (Phi) is 3.25. The summed E-state index contributed by atoms with van der Waals surface area (Å²) >= 11 is 0. The number of anilines is 1. The van der Waals surface area contributed by atoms with E-state index < -0.39 is 12.0 Å². The van der Waals surface area contributed by atoms with E-state index in [9.17, 15) is 9.90 Å². The Morgan fingerprint density at radius 1 is 1.50 bits per heavy atom. The summed E-state index contributed by atoms with van der Waals surface area (Å²) in [5.74, 6) is -1.00. The van der Waals surface area contributed by atoms with Crippen LogP contribution in [0.4, 0.5) is 5.69 Å². The van der Waals surface area contributed by atoms with Crippen LogP contribution in [-0.4, -0.2) is 19.1 Å². The summed E-state index contributed by atoms with van der Waals surface area (Å²) < 4.78 is 0. The van der Waals surface area contributed by atoms with Gasteiger partial charge in [0.2, 0.25) is 0 Å². The van der Waals surface area contributed by atoms with Gasteiger partial charge in [0, 0.05) is 19.2 Å². The standard InChI is InChI=1S/C10H11NO2.Li/c1-11-8-5-3-2-4-7(8)6-9(11)10(12)13;/h2-5,9H,6H2,1H3,(H,12,13);/q;+1/p-1. The fourth-order valence-corrected chi connectivity index (χ4v) is 1.78. The number of para-hydroxylation sites is 1. The Morgan fingerprint density at radius 2 is 2.14 bits per heavy atom. The van der Waals surface area contributed by atoms with E-state index in [0.717, 1.165) is 11.3 Å².